The van der Waals surface area contributed by atoms with Crippen molar-refractivity contribution in [3.63, 3.8) is 0 Å². The summed E-state index contributed by atoms with van der Waals surface area (Å²) in [6.07, 6.45) is 1.46. The van der Waals surface area contributed by atoms with Crippen LogP contribution in [-0.2, 0) is 11.4 Å². The highest BCUT2D eigenvalue weighted by Crippen LogP contribution is 2.27. The fraction of sp³-hybridized carbons (Fsp3) is 0.0435. The molecular weight excluding hydrogens is 407 g/mol. The summed E-state index contributed by atoms with van der Waals surface area (Å²) < 4.78 is 5.87. The lowest BCUT2D eigenvalue weighted by Gasteiger charge is -2.11. The Balaban J connectivity index is 1.83. The average Bonchev–Trinajstić information content (AvgIpc) is 2.72. The third kappa shape index (κ3) is 5.86. The number of benzene rings is 3. The van der Waals surface area contributed by atoms with Crippen LogP contribution in [0.25, 0.3) is 6.08 Å². The number of nitrogens with one attached hydrogen (secondary N) is 1. The van der Waals surface area contributed by atoms with Crippen molar-refractivity contribution in [2.24, 2.45) is 0 Å². The van der Waals surface area contributed by atoms with Gasteiger partial charge in [-0.15, -0.1) is 0 Å². The molecule has 0 aliphatic carbocycles. The molecule has 1 N–H and O–H groups in total. The van der Waals surface area contributed by atoms with Crippen LogP contribution in [0.2, 0.25) is 10.0 Å². The molecule has 0 aromatic heterocycles. The lowest BCUT2D eigenvalue weighted by molar-refractivity contribution is -0.112. The van der Waals surface area contributed by atoms with Gasteiger partial charge in [-0.25, -0.2) is 0 Å². The smallest absolute Gasteiger partial charge is 0.266 e. The first-order chi connectivity index (χ1) is 14.0. The summed E-state index contributed by atoms with van der Waals surface area (Å²) in [5.41, 5.74) is 1.95. The SMILES string of the molecule is N#C/C(=C\c1cc(Cl)ccc1OCc1cccc(Cl)c1)C(=O)Nc1ccccc1. The number of rotatable bonds is 6. The van der Waals surface area contributed by atoms with Crippen molar-refractivity contribution in [3.8, 4) is 11.8 Å². The highest BCUT2D eigenvalue weighted by molar-refractivity contribution is 6.31. The number of amides is 1. The molecule has 0 saturated heterocycles. The second-order valence-corrected chi connectivity index (χ2v) is 6.96. The van der Waals surface area contributed by atoms with Crippen LogP contribution in [-0.4, -0.2) is 5.91 Å². The van der Waals surface area contributed by atoms with Gasteiger partial charge in [-0.1, -0.05) is 53.5 Å². The Kier molecular flexibility index (Phi) is 6.91. The van der Waals surface area contributed by atoms with E-state index in [1.807, 2.05) is 24.3 Å². The molecule has 3 aromatic rings. The van der Waals surface area contributed by atoms with Crippen LogP contribution in [0.5, 0.6) is 5.75 Å². The zero-order chi connectivity index (χ0) is 20.6. The molecule has 0 atom stereocenters. The van der Waals surface area contributed by atoms with E-state index in [9.17, 15) is 10.1 Å². The Morgan fingerprint density at radius 2 is 1.76 bits per heavy atom. The van der Waals surface area contributed by atoms with Gasteiger partial charge in [0, 0.05) is 21.3 Å². The first-order valence-corrected chi connectivity index (χ1v) is 9.46. The Morgan fingerprint density at radius 1 is 1.00 bits per heavy atom. The van der Waals surface area contributed by atoms with E-state index in [2.05, 4.69) is 5.32 Å². The largest absolute Gasteiger partial charge is 0.488 e. The monoisotopic (exact) mass is 422 g/mol. The lowest BCUT2D eigenvalue weighted by Crippen LogP contribution is -2.13. The van der Waals surface area contributed by atoms with Gasteiger partial charge in [-0.2, -0.15) is 5.26 Å². The standard InChI is InChI=1S/C23H16Cl2N2O2/c24-19-6-4-5-16(11-19)15-29-22-10-9-20(25)13-17(22)12-18(14-26)23(28)27-21-7-2-1-3-8-21/h1-13H,15H2,(H,27,28)/b18-12+. The van der Waals surface area contributed by atoms with E-state index in [-0.39, 0.29) is 12.2 Å². The first kappa shape index (κ1) is 20.5. The molecule has 29 heavy (non-hydrogen) atoms. The number of nitriles is 1. The zero-order valence-corrected chi connectivity index (χ0v) is 16.7. The molecule has 144 valence electrons. The summed E-state index contributed by atoms with van der Waals surface area (Å²) >= 11 is 12.1. The van der Waals surface area contributed by atoms with E-state index in [1.54, 1.807) is 54.6 Å². The second kappa shape index (κ2) is 9.79. The predicted molar refractivity (Wildman–Crippen MR) is 116 cm³/mol. The Labute approximate surface area is 179 Å². The van der Waals surface area contributed by atoms with Gasteiger partial charge in [-0.3, -0.25) is 4.79 Å². The predicted octanol–water partition coefficient (Wildman–Crippen LogP) is 6.12. The van der Waals surface area contributed by atoms with E-state index >= 15 is 0 Å². The zero-order valence-electron chi connectivity index (χ0n) is 15.2. The molecule has 0 aliphatic rings. The van der Waals surface area contributed by atoms with Crippen LogP contribution < -0.4 is 10.1 Å². The Bertz CT molecular complexity index is 1090. The Hall–Kier alpha value is -3.26. The van der Waals surface area contributed by atoms with Crippen LogP contribution >= 0.6 is 23.2 Å². The number of para-hydroxylation sites is 1. The van der Waals surface area contributed by atoms with Crippen molar-refractivity contribution in [1.82, 2.24) is 0 Å². The molecule has 3 aromatic carbocycles. The Morgan fingerprint density at radius 3 is 2.48 bits per heavy atom. The third-order valence-corrected chi connectivity index (χ3v) is 4.42. The van der Waals surface area contributed by atoms with Gasteiger partial charge < -0.3 is 10.1 Å². The van der Waals surface area contributed by atoms with Gasteiger partial charge >= 0.3 is 0 Å². The lowest BCUT2D eigenvalue weighted by atomic mass is 10.1. The number of hydrogen-bond donors (Lipinski definition) is 1. The minimum atomic E-state index is -0.514. The molecule has 6 heteroatoms. The maximum Gasteiger partial charge on any atom is 0.266 e. The highest BCUT2D eigenvalue weighted by atomic mass is 35.5. The van der Waals surface area contributed by atoms with Crippen molar-refractivity contribution in [3.05, 3.63) is 99.5 Å². The number of anilines is 1. The summed E-state index contributed by atoms with van der Waals surface area (Å²) in [5.74, 6) is -0.0193. The minimum Gasteiger partial charge on any atom is -0.488 e. The molecule has 1 amide bonds. The van der Waals surface area contributed by atoms with E-state index < -0.39 is 5.91 Å². The molecule has 0 radical (unpaired) electrons. The van der Waals surface area contributed by atoms with Crippen molar-refractivity contribution in [2.45, 2.75) is 6.61 Å². The highest BCUT2D eigenvalue weighted by Gasteiger charge is 2.12. The molecule has 0 aliphatic heterocycles. The minimum absolute atomic E-state index is 0.0660. The fourth-order valence-corrected chi connectivity index (χ4v) is 2.97. The third-order valence-electron chi connectivity index (χ3n) is 3.95. The number of halogens is 2. The summed E-state index contributed by atoms with van der Waals surface area (Å²) in [6.45, 7) is 0.279. The molecule has 4 nitrogen and oxygen atoms in total. The quantitative estimate of drug-likeness (QED) is 0.384. The maximum atomic E-state index is 12.5. The van der Waals surface area contributed by atoms with Crippen LogP contribution in [0.3, 0.4) is 0 Å². The van der Waals surface area contributed by atoms with Crippen LogP contribution in [0.4, 0.5) is 5.69 Å². The van der Waals surface area contributed by atoms with Crippen LogP contribution in [0.15, 0.2) is 78.4 Å². The number of nitrogens with zero attached hydrogens (tertiary/aromatic N) is 1. The first-order valence-electron chi connectivity index (χ1n) is 8.70. The summed E-state index contributed by atoms with van der Waals surface area (Å²) in [5, 5.41) is 13.2. The summed E-state index contributed by atoms with van der Waals surface area (Å²) in [7, 11) is 0. The van der Waals surface area contributed by atoms with Gasteiger partial charge in [0.2, 0.25) is 0 Å². The van der Waals surface area contributed by atoms with Crippen molar-refractivity contribution in [2.75, 3.05) is 5.32 Å². The molecular formula is C23H16Cl2N2O2. The summed E-state index contributed by atoms with van der Waals surface area (Å²) in [6, 6.07) is 23.2. The average molecular weight is 423 g/mol. The molecule has 0 unspecified atom stereocenters. The van der Waals surface area contributed by atoms with E-state index in [1.165, 1.54) is 6.08 Å². The molecule has 0 saturated carbocycles. The van der Waals surface area contributed by atoms with Crippen LogP contribution in [0.1, 0.15) is 11.1 Å². The normalized spacial score (nSPS) is 10.9. The maximum absolute atomic E-state index is 12.5. The van der Waals surface area contributed by atoms with Gasteiger partial charge in [0.1, 0.15) is 24.0 Å². The van der Waals surface area contributed by atoms with Gasteiger partial charge in [0.15, 0.2) is 0 Å². The summed E-state index contributed by atoms with van der Waals surface area (Å²) in [4.78, 5) is 12.5. The van der Waals surface area contributed by atoms with Gasteiger partial charge in [0.05, 0.1) is 0 Å². The van der Waals surface area contributed by atoms with Crippen molar-refractivity contribution >= 4 is 40.9 Å². The molecule has 0 fully saturated rings. The molecule has 0 spiro atoms. The van der Waals surface area contributed by atoms with Crippen LogP contribution in [0, 0.1) is 11.3 Å². The molecule has 0 bridgehead atoms. The molecule has 3 rings (SSSR count). The van der Waals surface area contributed by atoms with Crippen molar-refractivity contribution < 1.29 is 9.53 Å². The van der Waals surface area contributed by atoms with Crippen molar-refractivity contribution in [1.29, 1.82) is 5.26 Å². The number of ether oxygens (including phenoxy) is 1. The fourth-order valence-electron chi connectivity index (χ4n) is 2.58. The topological polar surface area (TPSA) is 62.1 Å². The number of carbonyl (C=O) groups is 1. The van der Waals surface area contributed by atoms with Gasteiger partial charge in [0.25, 0.3) is 5.91 Å². The van der Waals surface area contributed by atoms with E-state index in [4.69, 9.17) is 27.9 Å². The van der Waals surface area contributed by atoms with E-state index in [0.717, 1.165) is 5.56 Å². The van der Waals surface area contributed by atoms with Gasteiger partial charge in [-0.05, 0) is 54.1 Å². The van der Waals surface area contributed by atoms with E-state index in [0.29, 0.717) is 27.0 Å². The molecule has 0 heterocycles. The number of carbonyl (C=O) groups excluding carboxylic acids is 1. The second-order valence-electron chi connectivity index (χ2n) is 6.09. The number of hydrogen-bond acceptors (Lipinski definition) is 3.